The summed E-state index contributed by atoms with van der Waals surface area (Å²) in [6, 6.07) is 12.7. The zero-order chi connectivity index (χ0) is 22.3. The molecule has 0 bridgehead atoms. The maximum atomic E-state index is 13.4. The number of carbonyl (C=O) groups is 1. The number of hydrogen-bond acceptors (Lipinski definition) is 5. The van der Waals surface area contributed by atoms with Gasteiger partial charge < -0.3 is 10.1 Å². The molecule has 1 amide bonds. The predicted octanol–water partition coefficient (Wildman–Crippen LogP) is 2.47. The van der Waals surface area contributed by atoms with E-state index in [-0.39, 0.29) is 29.8 Å². The first-order valence-corrected chi connectivity index (χ1v) is 12.4. The smallest absolute Gasteiger partial charge is 0.243 e. The second-order valence-electron chi connectivity index (χ2n) is 7.94. The van der Waals surface area contributed by atoms with Crippen LogP contribution in [0.1, 0.15) is 26.7 Å². The Morgan fingerprint density at radius 3 is 2.58 bits per heavy atom. The van der Waals surface area contributed by atoms with E-state index in [2.05, 4.69) is 10.2 Å². The van der Waals surface area contributed by atoms with Crippen LogP contribution in [0.2, 0.25) is 0 Å². The summed E-state index contributed by atoms with van der Waals surface area (Å²) in [7, 11) is -3.71. The lowest BCUT2D eigenvalue weighted by molar-refractivity contribution is -0.121. The van der Waals surface area contributed by atoms with Gasteiger partial charge in [-0.2, -0.15) is 4.31 Å². The van der Waals surface area contributed by atoms with Crippen LogP contribution in [-0.4, -0.2) is 75.5 Å². The Morgan fingerprint density at radius 1 is 1.16 bits per heavy atom. The Hall–Kier alpha value is -2.00. The Bertz CT molecular complexity index is 974. The lowest BCUT2D eigenvalue weighted by Gasteiger charge is -2.28. The summed E-state index contributed by atoms with van der Waals surface area (Å²) in [6.45, 7) is 8.54. The van der Waals surface area contributed by atoms with Crippen molar-refractivity contribution < 1.29 is 17.9 Å². The molecule has 2 aromatic rings. The molecule has 7 nitrogen and oxygen atoms in total. The molecular weight excluding hydrogens is 414 g/mol. The molecule has 8 heteroatoms. The van der Waals surface area contributed by atoms with Crippen LogP contribution in [0.15, 0.2) is 47.4 Å². The monoisotopic (exact) mass is 447 g/mol. The molecule has 1 fully saturated rings. The van der Waals surface area contributed by atoms with Gasteiger partial charge >= 0.3 is 0 Å². The quantitative estimate of drug-likeness (QED) is 0.605. The summed E-state index contributed by atoms with van der Waals surface area (Å²) < 4.78 is 33.6. The van der Waals surface area contributed by atoms with E-state index < -0.39 is 10.0 Å². The molecule has 1 heterocycles. The van der Waals surface area contributed by atoms with Gasteiger partial charge in [0.2, 0.25) is 15.9 Å². The first-order valence-electron chi connectivity index (χ1n) is 11.0. The molecule has 1 atom stereocenters. The Kier molecular flexibility index (Phi) is 8.43. The second-order valence-corrected chi connectivity index (χ2v) is 9.83. The molecule has 170 valence electrons. The summed E-state index contributed by atoms with van der Waals surface area (Å²) in [4.78, 5) is 14.9. The summed E-state index contributed by atoms with van der Waals surface area (Å²) in [5, 5.41) is 4.79. The Morgan fingerprint density at radius 2 is 1.87 bits per heavy atom. The van der Waals surface area contributed by atoms with E-state index in [9.17, 15) is 13.2 Å². The van der Waals surface area contributed by atoms with Gasteiger partial charge in [-0.1, -0.05) is 37.3 Å². The van der Waals surface area contributed by atoms with Crippen LogP contribution in [0.25, 0.3) is 10.8 Å². The fourth-order valence-corrected chi connectivity index (χ4v) is 5.46. The van der Waals surface area contributed by atoms with Crippen LogP contribution in [-0.2, 0) is 19.6 Å². The average molecular weight is 448 g/mol. The number of sulfonamides is 1. The van der Waals surface area contributed by atoms with Crippen molar-refractivity contribution in [2.45, 2.75) is 37.6 Å². The van der Waals surface area contributed by atoms with Gasteiger partial charge in [0.15, 0.2) is 0 Å². The van der Waals surface area contributed by atoms with E-state index in [1.165, 1.54) is 4.31 Å². The topological polar surface area (TPSA) is 79.0 Å². The van der Waals surface area contributed by atoms with Crippen molar-refractivity contribution in [3.05, 3.63) is 42.5 Å². The highest BCUT2D eigenvalue weighted by atomic mass is 32.2. The Balaban J connectivity index is 1.62. The zero-order valence-electron chi connectivity index (χ0n) is 18.4. The highest BCUT2D eigenvalue weighted by Gasteiger charge is 2.28. The van der Waals surface area contributed by atoms with E-state index in [1.54, 1.807) is 12.1 Å². The summed E-state index contributed by atoms with van der Waals surface area (Å²) in [5.41, 5.74) is 0. The first-order chi connectivity index (χ1) is 14.9. The van der Waals surface area contributed by atoms with Gasteiger partial charge in [-0.05, 0) is 36.2 Å². The largest absolute Gasteiger partial charge is 0.379 e. The molecule has 1 saturated heterocycles. The van der Waals surface area contributed by atoms with Crippen molar-refractivity contribution >= 4 is 26.7 Å². The number of amides is 1. The van der Waals surface area contributed by atoms with Gasteiger partial charge in [-0.3, -0.25) is 9.69 Å². The van der Waals surface area contributed by atoms with Crippen molar-refractivity contribution in [1.82, 2.24) is 14.5 Å². The third-order valence-corrected chi connectivity index (χ3v) is 7.83. The highest BCUT2D eigenvalue weighted by molar-refractivity contribution is 7.89. The minimum Gasteiger partial charge on any atom is -0.379 e. The van der Waals surface area contributed by atoms with Crippen molar-refractivity contribution in [2.75, 3.05) is 45.9 Å². The molecular formula is C23H33N3O4S. The number of nitrogens with zero attached hydrogens (tertiary/aromatic N) is 2. The second kappa shape index (κ2) is 11.0. The van der Waals surface area contributed by atoms with Crippen LogP contribution in [0.4, 0.5) is 0 Å². The number of hydrogen-bond donors (Lipinski definition) is 1. The number of fused-ring (bicyclic) bond motifs is 1. The first kappa shape index (κ1) is 23.7. The van der Waals surface area contributed by atoms with Gasteiger partial charge in [0.05, 0.1) is 18.1 Å². The highest BCUT2D eigenvalue weighted by Crippen LogP contribution is 2.24. The summed E-state index contributed by atoms with van der Waals surface area (Å²) in [6.07, 6.45) is 0.811. The number of nitrogens with one attached hydrogen (secondary N) is 1. The number of benzene rings is 2. The van der Waals surface area contributed by atoms with Crippen LogP contribution in [0.3, 0.4) is 0 Å². The molecule has 0 saturated carbocycles. The molecule has 31 heavy (non-hydrogen) atoms. The minimum atomic E-state index is -3.71. The van der Waals surface area contributed by atoms with Crippen molar-refractivity contribution in [3.8, 4) is 0 Å². The van der Waals surface area contributed by atoms with E-state index in [0.29, 0.717) is 13.0 Å². The van der Waals surface area contributed by atoms with Gasteiger partial charge in [-0.25, -0.2) is 8.42 Å². The van der Waals surface area contributed by atoms with Gasteiger partial charge in [0, 0.05) is 45.2 Å². The third-order valence-electron chi connectivity index (χ3n) is 5.82. The zero-order valence-corrected chi connectivity index (χ0v) is 19.2. The minimum absolute atomic E-state index is 0.129. The Labute approximate surface area is 185 Å². The fraction of sp³-hybridized carbons (Fsp3) is 0.522. The summed E-state index contributed by atoms with van der Waals surface area (Å²) in [5.74, 6) is -0.129. The van der Waals surface area contributed by atoms with E-state index in [4.69, 9.17) is 4.74 Å². The number of morpholine rings is 1. The van der Waals surface area contributed by atoms with Crippen LogP contribution >= 0.6 is 0 Å². The lowest BCUT2D eigenvalue weighted by Crippen LogP contribution is -2.43. The molecule has 0 spiro atoms. The van der Waals surface area contributed by atoms with Crippen LogP contribution < -0.4 is 5.32 Å². The molecule has 3 rings (SSSR count). The third kappa shape index (κ3) is 6.26. The predicted molar refractivity (Wildman–Crippen MR) is 122 cm³/mol. The van der Waals surface area contributed by atoms with Crippen LogP contribution in [0, 0.1) is 0 Å². The lowest BCUT2D eigenvalue weighted by atomic mass is 10.1. The normalized spacial score (nSPS) is 16.5. The average Bonchev–Trinajstić information content (AvgIpc) is 2.79. The van der Waals surface area contributed by atoms with E-state index in [1.807, 2.05) is 44.2 Å². The number of carbonyl (C=O) groups excluding carboxylic acids is 1. The van der Waals surface area contributed by atoms with Crippen molar-refractivity contribution in [3.63, 3.8) is 0 Å². The van der Waals surface area contributed by atoms with Gasteiger partial charge in [0.1, 0.15) is 0 Å². The molecule has 0 aromatic heterocycles. The van der Waals surface area contributed by atoms with Gasteiger partial charge in [-0.15, -0.1) is 0 Å². The van der Waals surface area contributed by atoms with E-state index >= 15 is 0 Å². The number of rotatable bonds is 10. The molecule has 1 unspecified atom stereocenters. The van der Waals surface area contributed by atoms with Crippen molar-refractivity contribution in [1.29, 1.82) is 0 Å². The molecule has 1 N–H and O–H groups in total. The molecule has 1 aliphatic heterocycles. The van der Waals surface area contributed by atoms with Crippen LogP contribution in [0.5, 0.6) is 0 Å². The maximum Gasteiger partial charge on any atom is 0.243 e. The maximum absolute atomic E-state index is 13.4. The molecule has 2 aromatic carbocycles. The van der Waals surface area contributed by atoms with Crippen molar-refractivity contribution in [2.24, 2.45) is 0 Å². The van der Waals surface area contributed by atoms with E-state index in [0.717, 1.165) is 43.6 Å². The molecule has 0 radical (unpaired) electrons. The molecule has 0 aliphatic carbocycles. The fourth-order valence-electron chi connectivity index (χ4n) is 3.72. The summed E-state index contributed by atoms with van der Waals surface area (Å²) >= 11 is 0. The SMILES string of the molecule is CCC(C)N(CCC(=O)NCCN1CCOCC1)S(=O)(=O)c1ccc2ccccc2c1. The van der Waals surface area contributed by atoms with Gasteiger partial charge in [0.25, 0.3) is 0 Å². The standard InChI is InChI=1S/C23H33N3O4S/c1-3-19(2)26(12-10-23(27)24-11-13-25-14-16-30-17-15-25)31(28,29)22-9-8-20-6-4-5-7-21(20)18-22/h4-9,18-19H,3,10-17H2,1-2H3,(H,24,27). The molecule has 1 aliphatic rings. The number of ether oxygens (including phenoxy) is 1.